The van der Waals surface area contributed by atoms with Crippen LogP contribution in [0, 0.1) is 0 Å². The number of carbonyl (C=O) groups excluding carboxylic acids is 1. The van der Waals surface area contributed by atoms with Crippen LogP contribution < -0.4 is 19.5 Å². The molecule has 0 bridgehead atoms. The predicted molar refractivity (Wildman–Crippen MR) is 112 cm³/mol. The van der Waals surface area contributed by atoms with Crippen LogP contribution in [0.2, 0.25) is 0 Å². The van der Waals surface area contributed by atoms with Crippen LogP contribution in [0.5, 0.6) is 23.0 Å². The highest BCUT2D eigenvalue weighted by Gasteiger charge is 2.11. The van der Waals surface area contributed by atoms with Crippen molar-refractivity contribution in [3.63, 3.8) is 0 Å². The number of carbonyl (C=O) groups is 1. The molecule has 0 spiro atoms. The van der Waals surface area contributed by atoms with Gasteiger partial charge in [-0.15, -0.1) is 0 Å². The highest BCUT2D eigenvalue weighted by atomic mass is 16.5. The summed E-state index contributed by atoms with van der Waals surface area (Å²) in [4.78, 5) is 15.7. The Labute approximate surface area is 168 Å². The zero-order chi connectivity index (χ0) is 20.2. The van der Waals surface area contributed by atoms with Gasteiger partial charge in [0.05, 0.1) is 14.2 Å². The quantitative estimate of drug-likeness (QED) is 0.474. The summed E-state index contributed by atoms with van der Waals surface area (Å²) in [7, 11) is 3.21. The van der Waals surface area contributed by atoms with Crippen molar-refractivity contribution < 1.29 is 19.0 Å². The number of benzene rings is 3. The van der Waals surface area contributed by atoms with E-state index in [2.05, 4.69) is 10.3 Å². The third-order valence-corrected chi connectivity index (χ3v) is 4.48. The molecule has 0 aliphatic carbocycles. The van der Waals surface area contributed by atoms with Gasteiger partial charge in [0.1, 0.15) is 17.2 Å². The number of rotatable bonds is 6. The fourth-order valence-electron chi connectivity index (χ4n) is 2.99. The van der Waals surface area contributed by atoms with Crippen LogP contribution in [-0.4, -0.2) is 25.1 Å². The molecule has 1 aromatic heterocycles. The highest BCUT2D eigenvalue weighted by Crippen LogP contribution is 2.31. The number of aromatic nitrogens is 1. The van der Waals surface area contributed by atoms with Crippen molar-refractivity contribution >= 4 is 22.5 Å². The van der Waals surface area contributed by atoms with Crippen molar-refractivity contribution in [3.05, 3.63) is 78.5 Å². The van der Waals surface area contributed by atoms with Crippen LogP contribution in [-0.2, 0) is 0 Å². The maximum Gasteiger partial charge on any atom is 0.272 e. The standard InChI is InChI=1S/C23H20N2O4/c1-27-18-10-7-15-13-20(25-19(15)14-18)23(26)24-16-8-11-17(12-9-16)29-22-6-4-3-5-21(22)28-2/h3-14,25H,1-2H3,(H,24,26). The zero-order valence-electron chi connectivity index (χ0n) is 16.1. The lowest BCUT2D eigenvalue weighted by molar-refractivity contribution is 0.102. The molecule has 0 radical (unpaired) electrons. The third-order valence-electron chi connectivity index (χ3n) is 4.48. The first-order chi connectivity index (χ1) is 14.2. The maximum atomic E-state index is 12.6. The van der Waals surface area contributed by atoms with E-state index < -0.39 is 0 Å². The van der Waals surface area contributed by atoms with Gasteiger partial charge in [0.2, 0.25) is 0 Å². The van der Waals surface area contributed by atoms with E-state index in [-0.39, 0.29) is 5.91 Å². The van der Waals surface area contributed by atoms with Crippen molar-refractivity contribution in [2.75, 3.05) is 19.5 Å². The normalized spacial score (nSPS) is 10.6. The molecule has 0 fully saturated rings. The second kappa shape index (κ2) is 7.98. The van der Waals surface area contributed by atoms with E-state index in [1.54, 1.807) is 38.5 Å². The summed E-state index contributed by atoms with van der Waals surface area (Å²) in [5.41, 5.74) is 1.98. The van der Waals surface area contributed by atoms with Crippen molar-refractivity contribution in [1.82, 2.24) is 4.98 Å². The number of nitrogens with one attached hydrogen (secondary N) is 2. The van der Waals surface area contributed by atoms with Gasteiger partial charge in [-0.2, -0.15) is 0 Å². The first kappa shape index (κ1) is 18.4. The SMILES string of the molecule is COc1ccc2cc(C(=O)Nc3ccc(Oc4ccccc4OC)cc3)[nH]c2c1. The van der Waals surface area contributed by atoms with Gasteiger partial charge in [-0.05, 0) is 54.6 Å². The Kier molecular flexibility index (Phi) is 5.07. The molecule has 146 valence electrons. The number of hydrogen-bond donors (Lipinski definition) is 2. The molecule has 4 aromatic rings. The molecule has 4 rings (SSSR count). The third kappa shape index (κ3) is 4.01. The van der Waals surface area contributed by atoms with Gasteiger partial charge in [-0.25, -0.2) is 0 Å². The number of aromatic amines is 1. The monoisotopic (exact) mass is 388 g/mol. The van der Waals surface area contributed by atoms with Crippen molar-refractivity contribution in [2.45, 2.75) is 0 Å². The number of methoxy groups -OCH3 is 2. The maximum absolute atomic E-state index is 12.6. The molecule has 3 aromatic carbocycles. The van der Waals surface area contributed by atoms with Gasteiger partial charge < -0.3 is 24.5 Å². The van der Waals surface area contributed by atoms with Crippen molar-refractivity contribution in [1.29, 1.82) is 0 Å². The van der Waals surface area contributed by atoms with Gasteiger partial charge >= 0.3 is 0 Å². The molecule has 2 N–H and O–H groups in total. The summed E-state index contributed by atoms with van der Waals surface area (Å²) in [6.45, 7) is 0. The number of ether oxygens (including phenoxy) is 3. The minimum atomic E-state index is -0.224. The average molecular weight is 388 g/mol. The minimum Gasteiger partial charge on any atom is -0.497 e. The lowest BCUT2D eigenvalue weighted by Gasteiger charge is -2.10. The number of fused-ring (bicyclic) bond motifs is 1. The van der Waals surface area contributed by atoms with Gasteiger partial charge in [0, 0.05) is 22.7 Å². The molecule has 0 unspecified atom stereocenters. The summed E-state index contributed by atoms with van der Waals surface area (Å²) in [6.07, 6.45) is 0. The fraction of sp³-hybridized carbons (Fsp3) is 0.0870. The molecule has 0 saturated heterocycles. The van der Waals surface area contributed by atoms with E-state index in [9.17, 15) is 4.79 Å². The van der Waals surface area contributed by atoms with Crippen molar-refractivity contribution in [2.24, 2.45) is 0 Å². The largest absolute Gasteiger partial charge is 0.497 e. The van der Waals surface area contributed by atoms with E-state index in [0.717, 1.165) is 16.7 Å². The topological polar surface area (TPSA) is 72.6 Å². The van der Waals surface area contributed by atoms with E-state index in [1.165, 1.54) is 0 Å². The fourth-order valence-corrected chi connectivity index (χ4v) is 2.99. The van der Waals surface area contributed by atoms with Crippen LogP contribution in [0.15, 0.2) is 72.8 Å². The van der Waals surface area contributed by atoms with Crippen LogP contribution in [0.25, 0.3) is 10.9 Å². The van der Waals surface area contributed by atoms with Gasteiger partial charge in [0.25, 0.3) is 5.91 Å². The lowest BCUT2D eigenvalue weighted by atomic mass is 10.2. The molecular weight excluding hydrogens is 368 g/mol. The minimum absolute atomic E-state index is 0.224. The Morgan fingerprint density at radius 1 is 0.828 bits per heavy atom. The van der Waals surface area contributed by atoms with E-state index in [4.69, 9.17) is 14.2 Å². The second-order valence-corrected chi connectivity index (χ2v) is 6.37. The van der Waals surface area contributed by atoms with Crippen LogP contribution in [0.4, 0.5) is 5.69 Å². The first-order valence-corrected chi connectivity index (χ1v) is 9.05. The summed E-state index contributed by atoms with van der Waals surface area (Å²) < 4.78 is 16.4. The van der Waals surface area contributed by atoms with Crippen LogP contribution in [0.1, 0.15) is 10.5 Å². The van der Waals surface area contributed by atoms with Crippen molar-refractivity contribution in [3.8, 4) is 23.0 Å². The molecule has 6 nitrogen and oxygen atoms in total. The van der Waals surface area contributed by atoms with Gasteiger partial charge in [-0.3, -0.25) is 4.79 Å². The summed E-state index contributed by atoms with van der Waals surface area (Å²) in [6, 6.07) is 22.0. The number of para-hydroxylation sites is 2. The molecule has 0 aliphatic rings. The summed E-state index contributed by atoms with van der Waals surface area (Å²) in [5.74, 6) is 2.43. The van der Waals surface area contributed by atoms with E-state index in [0.29, 0.717) is 28.6 Å². The molecule has 29 heavy (non-hydrogen) atoms. The summed E-state index contributed by atoms with van der Waals surface area (Å²) in [5, 5.41) is 3.82. The molecule has 0 atom stereocenters. The first-order valence-electron chi connectivity index (χ1n) is 9.05. The number of hydrogen-bond acceptors (Lipinski definition) is 4. The molecule has 0 saturated carbocycles. The smallest absolute Gasteiger partial charge is 0.272 e. The van der Waals surface area contributed by atoms with E-state index >= 15 is 0 Å². The molecule has 1 heterocycles. The number of anilines is 1. The van der Waals surface area contributed by atoms with Crippen LogP contribution >= 0.6 is 0 Å². The average Bonchev–Trinajstić information content (AvgIpc) is 3.19. The summed E-state index contributed by atoms with van der Waals surface area (Å²) >= 11 is 0. The molecule has 0 aliphatic heterocycles. The molecular formula is C23H20N2O4. The molecule has 1 amide bonds. The second-order valence-electron chi connectivity index (χ2n) is 6.37. The van der Waals surface area contributed by atoms with Gasteiger partial charge in [-0.1, -0.05) is 12.1 Å². The van der Waals surface area contributed by atoms with E-state index in [1.807, 2.05) is 48.5 Å². The Morgan fingerprint density at radius 3 is 2.28 bits per heavy atom. The predicted octanol–water partition coefficient (Wildman–Crippen LogP) is 5.23. The lowest BCUT2D eigenvalue weighted by Crippen LogP contribution is -2.12. The Morgan fingerprint density at radius 2 is 1.55 bits per heavy atom. The Hall–Kier alpha value is -3.93. The number of H-pyrrole nitrogens is 1. The Balaban J connectivity index is 1.46. The zero-order valence-corrected chi connectivity index (χ0v) is 16.1. The van der Waals surface area contributed by atoms with Crippen LogP contribution in [0.3, 0.4) is 0 Å². The van der Waals surface area contributed by atoms with Gasteiger partial charge in [0.15, 0.2) is 11.5 Å². The highest BCUT2D eigenvalue weighted by molar-refractivity contribution is 6.06. The molecule has 6 heteroatoms. The number of amides is 1. The Bertz CT molecular complexity index is 1150.